The first kappa shape index (κ1) is 14.0. The fourth-order valence-corrected chi connectivity index (χ4v) is 2.58. The number of aliphatic carboxylic acids is 1. The van der Waals surface area contributed by atoms with E-state index >= 15 is 0 Å². The normalized spacial score (nSPS) is 14.9. The van der Waals surface area contributed by atoms with Gasteiger partial charge < -0.3 is 25.1 Å². The molecule has 0 radical (unpaired) electrons. The Morgan fingerprint density at radius 1 is 1.58 bits per heavy atom. The number of ether oxygens (including phenoxy) is 3. The zero-order chi connectivity index (χ0) is 14.0. The molecule has 6 nitrogen and oxygen atoms in total. The molecule has 1 aliphatic rings. The van der Waals surface area contributed by atoms with Gasteiger partial charge >= 0.3 is 5.97 Å². The van der Waals surface area contributed by atoms with Crippen molar-refractivity contribution < 1.29 is 24.1 Å². The van der Waals surface area contributed by atoms with Crippen LogP contribution in [0.15, 0.2) is 10.5 Å². The molecule has 7 heteroatoms. The zero-order valence-electron chi connectivity index (χ0n) is 10.3. The van der Waals surface area contributed by atoms with Crippen LogP contribution in [0.2, 0.25) is 0 Å². The minimum atomic E-state index is -0.986. The molecule has 19 heavy (non-hydrogen) atoms. The van der Waals surface area contributed by atoms with Crippen LogP contribution in [-0.4, -0.2) is 31.4 Å². The highest BCUT2D eigenvalue weighted by atomic mass is 79.9. The first-order valence-corrected chi connectivity index (χ1v) is 6.47. The molecule has 0 amide bonds. The summed E-state index contributed by atoms with van der Waals surface area (Å²) in [6.45, 7) is 0.837. The molecule has 0 fully saturated rings. The maximum absolute atomic E-state index is 10.8. The van der Waals surface area contributed by atoms with Crippen LogP contribution in [0, 0.1) is 0 Å². The summed E-state index contributed by atoms with van der Waals surface area (Å²) in [4.78, 5) is 10.8. The molecule has 0 bridgehead atoms. The molecule has 0 spiro atoms. The number of halogens is 1. The highest BCUT2D eigenvalue weighted by Crippen LogP contribution is 2.47. The van der Waals surface area contributed by atoms with E-state index in [1.165, 1.54) is 7.11 Å². The summed E-state index contributed by atoms with van der Waals surface area (Å²) in [6, 6.07) is 0.991. The van der Waals surface area contributed by atoms with Crippen LogP contribution in [0.5, 0.6) is 17.2 Å². The molecule has 0 aromatic heterocycles. The predicted molar refractivity (Wildman–Crippen MR) is 70.9 cm³/mol. The number of hydrogen-bond donors (Lipinski definition) is 2. The Morgan fingerprint density at radius 3 is 2.89 bits per heavy atom. The molecule has 1 aromatic rings. The van der Waals surface area contributed by atoms with Gasteiger partial charge in [0.2, 0.25) is 0 Å². The molecular formula is C12H14BrNO5. The number of methoxy groups -OCH3 is 1. The molecule has 1 atom stereocenters. The summed E-state index contributed by atoms with van der Waals surface area (Å²) in [5.41, 5.74) is 6.46. The Balaban J connectivity index is 2.54. The van der Waals surface area contributed by atoms with Crippen LogP contribution in [0.25, 0.3) is 0 Å². The van der Waals surface area contributed by atoms with Gasteiger partial charge in [-0.2, -0.15) is 0 Å². The second kappa shape index (κ2) is 5.66. The number of carbonyl (C=O) groups is 1. The van der Waals surface area contributed by atoms with E-state index in [0.717, 1.165) is 0 Å². The zero-order valence-corrected chi connectivity index (χ0v) is 11.9. The summed E-state index contributed by atoms with van der Waals surface area (Å²) in [5, 5.41) is 8.88. The summed E-state index contributed by atoms with van der Waals surface area (Å²) < 4.78 is 17.0. The van der Waals surface area contributed by atoms with E-state index in [4.69, 9.17) is 25.1 Å². The summed E-state index contributed by atoms with van der Waals surface area (Å²) in [5.74, 6) is 0.479. The van der Waals surface area contributed by atoms with E-state index in [0.29, 0.717) is 40.5 Å². The van der Waals surface area contributed by atoms with Crippen molar-refractivity contribution in [1.29, 1.82) is 0 Å². The van der Waals surface area contributed by atoms with Crippen molar-refractivity contribution >= 4 is 21.9 Å². The molecule has 1 aliphatic heterocycles. The van der Waals surface area contributed by atoms with Crippen LogP contribution in [0.3, 0.4) is 0 Å². The molecule has 2 rings (SSSR count). The number of carboxylic acid groups (broad SMARTS) is 1. The minimum absolute atomic E-state index is 0.220. The lowest BCUT2D eigenvalue weighted by molar-refractivity contribution is -0.137. The van der Waals surface area contributed by atoms with Crippen molar-refractivity contribution in [1.82, 2.24) is 0 Å². The highest BCUT2D eigenvalue weighted by Gasteiger charge is 2.28. The van der Waals surface area contributed by atoms with Gasteiger partial charge in [-0.1, -0.05) is 0 Å². The second-order valence-corrected chi connectivity index (χ2v) is 4.89. The molecule has 104 valence electrons. The Hall–Kier alpha value is -1.47. The molecule has 1 aromatic carbocycles. The van der Waals surface area contributed by atoms with Crippen LogP contribution in [0.4, 0.5) is 0 Å². The smallest absolute Gasteiger partial charge is 0.305 e. The van der Waals surface area contributed by atoms with E-state index in [1.807, 2.05) is 0 Å². The fourth-order valence-electron chi connectivity index (χ4n) is 2.00. The van der Waals surface area contributed by atoms with E-state index in [2.05, 4.69) is 15.9 Å². The third-order valence-electron chi connectivity index (χ3n) is 2.74. The molecular weight excluding hydrogens is 318 g/mol. The van der Waals surface area contributed by atoms with Crippen LogP contribution < -0.4 is 19.9 Å². The molecule has 3 N–H and O–H groups in total. The lowest BCUT2D eigenvalue weighted by Crippen LogP contribution is -2.22. The lowest BCUT2D eigenvalue weighted by Gasteiger charge is -2.25. The standard InChI is InChI=1S/C12H14BrNO5/c1-17-11-6(13)4-8-12(19-3-2-18-8)10(11)7(14)5-9(15)16/h4,7H,2-3,5,14H2,1H3,(H,15,16). The Bertz CT molecular complexity index is 505. The SMILES string of the molecule is COc1c(Br)cc2c(c1C(N)CC(=O)O)OCCO2. The van der Waals surface area contributed by atoms with Crippen molar-refractivity contribution in [2.75, 3.05) is 20.3 Å². The van der Waals surface area contributed by atoms with Gasteiger partial charge in [0.05, 0.1) is 23.6 Å². The third kappa shape index (κ3) is 2.76. The second-order valence-electron chi connectivity index (χ2n) is 4.03. The minimum Gasteiger partial charge on any atom is -0.495 e. The maximum Gasteiger partial charge on any atom is 0.305 e. The molecule has 0 saturated carbocycles. The molecule has 1 unspecified atom stereocenters. The van der Waals surface area contributed by atoms with Crippen molar-refractivity contribution in [3.8, 4) is 17.2 Å². The predicted octanol–water partition coefficient (Wildman–Crippen LogP) is 1.70. The highest BCUT2D eigenvalue weighted by molar-refractivity contribution is 9.10. The molecule has 1 heterocycles. The monoisotopic (exact) mass is 331 g/mol. The number of benzene rings is 1. The van der Waals surface area contributed by atoms with Gasteiger partial charge in [-0.25, -0.2) is 0 Å². The summed E-state index contributed by atoms with van der Waals surface area (Å²) in [7, 11) is 1.49. The Kier molecular flexibility index (Phi) is 4.16. The Morgan fingerprint density at radius 2 is 2.26 bits per heavy atom. The topological polar surface area (TPSA) is 91.0 Å². The van der Waals surface area contributed by atoms with E-state index in [9.17, 15) is 4.79 Å². The number of fused-ring (bicyclic) bond motifs is 1. The fraction of sp³-hybridized carbons (Fsp3) is 0.417. The number of nitrogens with two attached hydrogens (primary N) is 1. The van der Waals surface area contributed by atoms with Crippen molar-refractivity contribution in [2.45, 2.75) is 12.5 Å². The van der Waals surface area contributed by atoms with Crippen molar-refractivity contribution in [3.05, 3.63) is 16.1 Å². The lowest BCUT2D eigenvalue weighted by atomic mass is 10.0. The quantitative estimate of drug-likeness (QED) is 0.872. The van der Waals surface area contributed by atoms with Crippen LogP contribution in [-0.2, 0) is 4.79 Å². The van der Waals surface area contributed by atoms with Crippen LogP contribution in [0.1, 0.15) is 18.0 Å². The third-order valence-corrected chi connectivity index (χ3v) is 3.33. The van der Waals surface area contributed by atoms with Gasteiger partial charge in [0, 0.05) is 12.1 Å². The summed E-state index contributed by atoms with van der Waals surface area (Å²) >= 11 is 3.36. The van der Waals surface area contributed by atoms with Gasteiger partial charge in [0.15, 0.2) is 11.5 Å². The van der Waals surface area contributed by atoms with Crippen molar-refractivity contribution in [3.63, 3.8) is 0 Å². The number of carboxylic acids is 1. The molecule has 0 saturated heterocycles. The number of rotatable bonds is 4. The largest absolute Gasteiger partial charge is 0.495 e. The first-order valence-electron chi connectivity index (χ1n) is 5.68. The van der Waals surface area contributed by atoms with Gasteiger partial charge in [0.25, 0.3) is 0 Å². The average molecular weight is 332 g/mol. The van der Waals surface area contributed by atoms with E-state index in [-0.39, 0.29) is 6.42 Å². The summed E-state index contributed by atoms with van der Waals surface area (Å²) in [6.07, 6.45) is -0.220. The van der Waals surface area contributed by atoms with Gasteiger partial charge in [0.1, 0.15) is 19.0 Å². The Labute approximate surface area is 118 Å². The van der Waals surface area contributed by atoms with Crippen molar-refractivity contribution in [2.24, 2.45) is 5.73 Å². The van der Waals surface area contributed by atoms with Crippen LogP contribution >= 0.6 is 15.9 Å². The van der Waals surface area contributed by atoms with Gasteiger partial charge in [-0.3, -0.25) is 4.79 Å². The van der Waals surface area contributed by atoms with Gasteiger partial charge in [-0.15, -0.1) is 0 Å². The molecule has 0 aliphatic carbocycles. The van der Waals surface area contributed by atoms with E-state index in [1.54, 1.807) is 6.07 Å². The first-order chi connectivity index (χ1) is 9.04. The van der Waals surface area contributed by atoms with E-state index < -0.39 is 12.0 Å². The van der Waals surface area contributed by atoms with Gasteiger partial charge in [-0.05, 0) is 15.9 Å². The number of hydrogen-bond acceptors (Lipinski definition) is 5. The average Bonchev–Trinajstić information content (AvgIpc) is 2.36. The maximum atomic E-state index is 10.8.